The molecule has 0 aliphatic carbocycles. The predicted octanol–water partition coefficient (Wildman–Crippen LogP) is 2.31. The molecule has 8 heteroatoms. The number of halogens is 1. The summed E-state index contributed by atoms with van der Waals surface area (Å²) in [6, 6.07) is 2.50. The van der Waals surface area contributed by atoms with Crippen molar-refractivity contribution in [3.8, 4) is 0 Å². The summed E-state index contributed by atoms with van der Waals surface area (Å²) in [4.78, 5) is 22.2. The van der Waals surface area contributed by atoms with E-state index in [9.17, 15) is 14.9 Å². The molecule has 1 heterocycles. The maximum Gasteiger partial charge on any atom is 0.294 e. The van der Waals surface area contributed by atoms with Gasteiger partial charge in [-0.3, -0.25) is 14.9 Å². The van der Waals surface area contributed by atoms with Crippen molar-refractivity contribution in [2.45, 2.75) is 6.42 Å². The highest BCUT2D eigenvalue weighted by molar-refractivity contribution is 7.99. The predicted molar refractivity (Wildman–Crippen MR) is 80.3 cm³/mol. The average Bonchev–Trinajstić information content (AvgIpc) is 2.91. The fourth-order valence-electron chi connectivity index (χ4n) is 1.97. The lowest BCUT2D eigenvalue weighted by Crippen LogP contribution is -2.29. The van der Waals surface area contributed by atoms with E-state index in [0.717, 1.165) is 24.0 Å². The average molecular weight is 316 g/mol. The zero-order valence-corrected chi connectivity index (χ0v) is 12.2. The van der Waals surface area contributed by atoms with Gasteiger partial charge in [0.2, 0.25) is 0 Å². The molecule has 0 saturated carbocycles. The fourth-order valence-corrected chi connectivity index (χ4v) is 3.47. The second-order valence-electron chi connectivity index (χ2n) is 4.59. The van der Waals surface area contributed by atoms with E-state index in [-0.39, 0.29) is 27.9 Å². The Hall–Kier alpha value is -1.47. The number of amides is 1. The Balaban J connectivity index is 2.11. The number of rotatable bonds is 4. The van der Waals surface area contributed by atoms with Crippen LogP contribution in [-0.4, -0.2) is 28.9 Å². The zero-order valence-electron chi connectivity index (χ0n) is 10.6. The molecule has 0 aromatic heterocycles. The van der Waals surface area contributed by atoms with E-state index in [0.29, 0.717) is 12.5 Å². The number of nitrogens with zero attached hydrogens (tertiary/aromatic N) is 1. The summed E-state index contributed by atoms with van der Waals surface area (Å²) in [5.74, 6) is 2.23. The molecule has 1 saturated heterocycles. The molecule has 1 amide bonds. The molecular weight excluding hydrogens is 302 g/mol. The number of carbonyl (C=O) groups is 1. The number of anilines is 1. The van der Waals surface area contributed by atoms with E-state index in [2.05, 4.69) is 5.32 Å². The molecule has 2 rings (SSSR count). The van der Waals surface area contributed by atoms with E-state index in [1.54, 1.807) is 0 Å². The summed E-state index contributed by atoms with van der Waals surface area (Å²) >= 11 is 7.68. The van der Waals surface area contributed by atoms with E-state index in [1.807, 2.05) is 11.8 Å². The molecule has 1 fully saturated rings. The van der Waals surface area contributed by atoms with Crippen molar-refractivity contribution in [1.29, 1.82) is 0 Å². The Bertz CT molecular complexity index is 547. The van der Waals surface area contributed by atoms with Gasteiger partial charge in [-0.15, -0.1) is 0 Å². The largest absolute Gasteiger partial charge is 0.392 e. The highest BCUT2D eigenvalue weighted by Gasteiger charge is 2.21. The lowest BCUT2D eigenvalue weighted by molar-refractivity contribution is -0.383. The first-order valence-electron chi connectivity index (χ1n) is 6.08. The Morgan fingerprint density at radius 2 is 2.35 bits per heavy atom. The Morgan fingerprint density at radius 1 is 1.60 bits per heavy atom. The molecule has 108 valence electrons. The van der Waals surface area contributed by atoms with Crippen LogP contribution < -0.4 is 11.1 Å². The number of hydrogen-bond donors (Lipinski definition) is 2. The highest BCUT2D eigenvalue weighted by Crippen LogP contribution is 2.31. The normalized spacial score (nSPS) is 17.9. The third-order valence-corrected chi connectivity index (χ3v) is 4.69. The first-order chi connectivity index (χ1) is 9.49. The van der Waals surface area contributed by atoms with Crippen molar-refractivity contribution in [2.75, 3.05) is 23.8 Å². The number of nitro benzene ring substituents is 1. The van der Waals surface area contributed by atoms with Gasteiger partial charge in [-0.05, 0) is 29.9 Å². The van der Waals surface area contributed by atoms with E-state index < -0.39 is 4.92 Å². The molecule has 1 atom stereocenters. The van der Waals surface area contributed by atoms with E-state index in [4.69, 9.17) is 17.3 Å². The minimum atomic E-state index is -0.647. The molecule has 0 bridgehead atoms. The number of benzene rings is 1. The third kappa shape index (κ3) is 3.34. The summed E-state index contributed by atoms with van der Waals surface area (Å²) in [6.45, 7) is 0.571. The number of nitro groups is 1. The Kier molecular flexibility index (Phi) is 4.72. The molecule has 3 N–H and O–H groups in total. The number of nitrogens with one attached hydrogen (secondary N) is 1. The summed E-state index contributed by atoms with van der Waals surface area (Å²) < 4.78 is 0. The van der Waals surface area contributed by atoms with Crippen molar-refractivity contribution in [1.82, 2.24) is 5.32 Å². The zero-order chi connectivity index (χ0) is 14.7. The second-order valence-corrected chi connectivity index (χ2v) is 6.14. The lowest BCUT2D eigenvalue weighted by Gasteiger charge is -2.10. The van der Waals surface area contributed by atoms with Crippen LogP contribution in [0.5, 0.6) is 0 Å². The molecule has 1 aliphatic heterocycles. The lowest BCUT2D eigenvalue weighted by atomic mass is 10.1. The Labute approximate surface area is 125 Å². The van der Waals surface area contributed by atoms with Gasteiger partial charge in [-0.2, -0.15) is 11.8 Å². The van der Waals surface area contributed by atoms with E-state index >= 15 is 0 Å². The molecule has 6 nitrogen and oxygen atoms in total. The number of hydrogen-bond acceptors (Lipinski definition) is 5. The van der Waals surface area contributed by atoms with Crippen LogP contribution in [0.3, 0.4) is 0 Å². The molecule has 0 radical (unpaired) electrons. The summed E-state index contributed by atoms with van der Waals surface area (Å²) in [5, 5.41) is 13.6. The maximum atomic E-state index is 12.0. The van der Waals surface area contributed by atoms with Crippen LogP contribution in [0.15, 0.2) is 12.1 Å². The van der Waals surface area contributed by atoms with Crippen LogP contribution in [0.2, 0.25) is 5.02 Å². The first kappa shape index (κ1) is 14.9. The molecule has 1 aromatic carbocycles. The van der Waals surface area contributed by atoms with Gasteiger partial charge in [-0.25, -0.2) is 0 Å². The molecular formula is C12H14ClN3O3S. The van der Waals surface area contributed by atoms with Crippen molar-refractivity contribution in [2.24, 2.45) is 5.92 Å². The van der Waals surface area contributed by atoms with Gasteiger partial charge in [0.1, 0.15) is 5.69 Å². The van der Waals surface area contributed by atoms with Gasteiger partial charge < -0.3 is 11.1 Å². The van der Waals surface area contributed by atoms with Gasteiger partial charge in [0.25, 0.3) is 11.6 Å². The molecule has 0 spiro atoms. The Morgan fingerprint density at radius 3 is 2.95 bits per heavy atom. The molecule has 1 aliphatic rings. The standard InChI is InChI=1S/C12H14ClN3O3S/c13-9-3-8(4-10(11(9)14)16(18)19)12(17)15-5-7-1-2-20-6-7/h3-4,7H,1-2,5-6,14H2,(H,15,17). The van der Waals surface area contributed by atoms with Crippen LogP contribution in [-0.2, 0) is 0 Å². The fraction of sp³-hybridized carbons (Fsp3) is 0.417. The number of nitrogens with two attached hydrogens (primary N) is 1. The summed E-state index contributed by atoms with van der Waals surface area (Å²) in [5.41, 5.74) is 5.20. The number of carbonyl (C=O) groups excluding carboxylic acids is 1. The quantitative estimate of drug-likeness (QED) is 0.504. The highest BCUT2D eigenvalue weighted by atomic mass is 35.5. The van der Waals surface area contributed by atoms with Crippen molar-refractivity contribution in [3.05, 3.63) is 32.8 Å². The minimum Gasteiger partial charge on any atom is -0.392 e. The van der Waals surface area contributed by atoms with Gasteiger partial charge in [-0.1, -0.05) is 11.6 Å². The SMILES string of the molecule is Nc1c(Cl)cc(C(=O)NCC2CCSC2)cc1[N+](=O)[O-]. The summed E-state index contributed by atoms with van der Waals surface area (Å²) in [6.07, 6.45) is 1.08. The molecule has 20 heavy (non-hydrogen) atoms. The van der Waals surface area contributed by atoms with Gasteiger partial charge in [0.15, 0.2) is 0 Å². The first-order valence-corrected chi connectivity index (χ1v) is 7.61. The maximum absolute atomic E-state index is 12.0. The van der Waals surface area contributed by atoms with Crippen molar-refractivity contribution < 1.29 is 9.72 Å². The second kappa shape index (κ2) is 6.32. The summed E-state index contributed by atoms with van der Waals surface area (Å²) in [7, 11) is 0. The van der Waals surface area contributed by atoms with Gasteiger partial charge >= 0.3 is 0 Å². The van der Waals surface area contributed by atoms with Gasteiger partial charge in [0, 0.05) is 18.2 Å². The van der Waals surface area contributed by atoms with Crippen molar-refractivity contribution >= 4 is 40.6 Å². The van der Waals surface area contributed by atoms with Gasteiger partial charge in [0.05, 0.1) is 9.95 Å². The van der Waals surface area contributed by atoms with Crippen LogP contribution in [0.4, 0.5) is 11.4 Å². The topological polar surface area (TPSA) is 98.3 Å². The van der Waals surface area contributed by atoms with E-state index in [1.165, 1.54) is 6.07 Å². The smallest absolute Gasteiger partial charge is 0.294 e. The van der Waals surface area contributed by atoms with Crippen LogP contribution in [0, 0.1) is 16.0 Å². The molecule has 1 aromatic rings. The van der Waals surface area contributed by atoms with Crippen molar-refractivity contribution in [3.63, 3.8) is 0 Å². The number of nitrogen functional groups attached to an aromatic ring is 1. The monoisotopic (exact) mass is 315 g/mol. The number of thioether (sulfide) groups is 1. The molecule has 1 unspecified atom stereocenters. The minimum absolute atomic E-state index is 0.0146. The van der Waals surface area contributed by atoms with Crippen LogP contribution >= 0.6 is 23.4 Å². The van der Waals surface area contributed by atoms with Crippen LogP contribution in [0.25, 0.3) is 0 Å². The third-order valence-electron chi connectivity index (χ3n) is 3.14. The van der Waals surface area contributed by atoms with Crippen LogP contribution in [0.1, 0.15) is 16.8 Å².